The molecule has 1 aromatic heterocycles. The highest BCUT2D eigenvalue weighted by Crippen LogP contribution is 2.38. The largest absolute Gasteiger partial charge is 0.481 e. The van der Waals surface area contributed by atoms with Crippen LogP contribution in [0.3, 0.4) is 0 Å². The van der Waals surface area contributed by atoms with Crippen LogP contribution in [-0.2, 0) is 14.6 Å². The van der Waals surface area contributed by atoms with Crippen LogP contribution in [0.4, 0.5) is 8.78 Å². The Morgan fingerprint density at radius 3 is 2.33 bits per heavy atom. The van der Waals surface area contributed by atoms with Crippen molar-refractivity contribution in [2.24, 2.45) is 5.92 Å². The molecule has 1 unspecified atom stereocenters. The summed E-state index contributed by atoms with van der Waals surface area (Å²) in [6.45, 7) is 6.53. The molecule has 0 aliphatic carbocycles. The highest BCUT2D eigenvalue weighted by atomic mass is 32.2. The maximum absolute atomic E-state index is 14.1. The van der Waals surface area contributed by atoms with E-state index in [0.717, 1.165) is 6.07 Å². The van der Waals surface area contributed by atoms with Gasteiger partial charge >= 0.3 is 5.97 Å². The zero-order valence-electron chi connectivity index (χ0n) is 17.1. The van der Waals surface area contributed by atoms with E-state index in [1.165, 1.54) is 31.2 Å². The van der Waals surface area contributed by atoms with E-state index in [1.54, 1.807) is 31.4 Å². The number of fused-ring (bicyclic) bond motifs is 1. The second kappa shape index (κ2) is 7.83. The minimum absolute atomic E-state index is 0.0814. The minimum atomic E-state index is -4.07. The molecule has 0 amide bonds. The molecule has 0 fully saturated rings. The van der Waals surface area contributed by atoms with Gasteiger partial charge in [-0.3, -0.25) is 4.79 Å². The number of carboxylic acid groups (broad SMARTS) is 1. The topological polar surface area (TPSA) is 76.4 Å². The molecule has 3 rings (SSSR count). The molecule has 1 N–H and O–H groups in total. The number of sulfone groups is 1. The van der Waals surface area contributed by atoms with Gasteiger partial charge in [-0.1, -0.05) is 20.8 Å². The Hall–Kier alpha value is -2.74. The third kappa shape index (κ3) is 3.84. The molecule has 5 nitrogen and oxygen atoms in total. The van der Waals surface area contributed by atoms with E-state index in [9.17, 15) is 27.1 Å². The lowest BCUT2D eigenvalue weighted by molar-refractivity contribution is -0.140. The fraction of sp³-hybridized carbons (Fsp3) is 0.318. The van der Waals surface area contributed by atoms with Gasteiger partial charge in [0, 0.05) is 16.8 Å². The molecule has 0 aliphatic heterocycles. The molecule has 160 valence electrons. The summed E-state index contributed by atoms with van der Waals surface area (Å²) >= 11 is 0. The third-order valence-corrected chi connectivity index (χ3v) is 7.06. The van der Waals surface area contributed by atoms with E-state index in [1.807, 2.05) is 0 Å². The third-order valence-electron chi connectivity index (χ3n) is 5.07. The van der Waals surface area contributed by atoms with Gasteiger partial charge in [-0.15, -0.1) is 0 Å². The van der Waals surface area contributed by atoms with E-state index in [-0.39, 0.29) is 16.2 Å². The number of aryl methyl sites for hydroxylation is 1. The summed E-state index contributed by atoms with van der Waals surface area (Å²) in [4.78, 5) is 11.2. The summed E-state index contributed by atoms with van der Waals surface area (Å²) in [6, 6.07) is 8.29. The van der Waals surface area contributed by atoms with Gasteiger partial charge < -0.3 is 9.67 Å². The molecule has 0 aliphatic rings. The number of rotatable bonds is 6. The van der Waals surface area contributed by atoms with Crippen LogP contribution >= 0.6 is 0 Å². The van der Waals surface area contributed by atoms with Crippen LogP contribution in [0.25, 0.3) is 16.6 Å². The Bertz CT molecular complexity index is 1250. The molecule has 0 saturated heterocycles. The maximum atomic E-state index is 14.1. The summed E-state index contributed by atoms with van der Waals surface area (Å²) in [5, 5.41) is 9.38. The molecule has 1 heterocycles. The number of benzene rings is 2. The molecular formula is C22H23F2NO4S. The van der Waals surface area contributed by atoms with Gasteiger partial charge in [-0.2, -0.15) is 0 Å². The minimum Gasteiger partial charge on any atom is -0.481 e. The van der Waals surface area contributed by atoms with Crippen LogP contribution in [0.1, 0.15) is 37.9 Å². The Kier molecular flexibility index (Phi) is 5.73. The normalized spacial score (nSPS) is 13.2. The van der Waals surface area contributed by atoms with Gasteiger partial charge in [0.05, 0.1) is 22.1 Å². The zero-order chi connectivity index (χ0) is 22.4. The maximum Gasteiger partial charge on any atom is 0.307 e. The summed E-state index contributed by atoms with van der Waals surface area (Å²) in [7, 11) is -4.07. The fourth-order valence-corrected chi connectivity index (χ4v) is 5.74. The van der Waals surface area contributed by atoms with Crippen molar-refractivity contribution in [2.75, 3.05) is 5.75 Å². The second-order valence-electron chi connectivity index (χ2n) is 7.82. The number of hydrogen-bond donors (Lipinski definition) is 1. The van der Waals surface area contributed by atoms with Crippen LogP contribution in [0.5, 0.6) is 0 Å². The van der Waals surface area contributed by atoms with Crippen LogP contribution < -0.4 is 0 Å². The van der Waals surface area contributed by atoms with Gasteiger partial charge in [0.2, 0.25) is 0 Å². The van der Waals surface area contributed by atoms with Crippen molar-refractivity contribution >= 4 is 26.7 Å². The van der Waals surface area contributed by atoms with Crippen LogP contribution in [0, 0.1) is 24.5 Å². The predicted octanol–water partition coefficient (Wildman–Crippen LogP) is 4.83. The van der Waals surface area contributed by atoms with Gasteiger partial charge in [-0.05, 0) is 54.8 Å². The quantitative estimate of drug-likeness (QED) is 0.601. The lowest BCUT2D eigenvalue weighted by Gasteiger charge is -2.17. The SMILES string of the molecule is Cc1cc(-n2c(C(C)C)c(S(=O)(=O)CC(C)C(=O)O)c3cc(F)ccc32)ccc1F. The summed E-state index contributed by atoms with van der Waals surface area (Å²) in [5.74, 6) is -4.26. The van der Waals surface area contributed by atoms with Crippen LogP contribution in [0.15, 0.2) is 41.3 Å². The highest BCUT2D eigenvalue weighted by molar-refractivity contribution is 7.91. The molecular weight excluding hydrogens is 412 g/mol. The molecule has 0 spiro atoms. The van der Waals surface area contributed by atoms with Gasteiger partial charge in [0.25, 0.3) is 0 Å². The van der Waals surface area contributed by atoms with E-state index >= 15 is 0 Å². The second-order valence-corrected chi connectivity index (χ2v) is 9.79. The number of carboxylic acids is 1. The predicted molar refractivity (Wildman–Crippen MR) is 111 cm³/mol. The molecule has 0 bridgehead atoms. The average molecular weight is 435 g/mol. The molecule has 3 aromatic rings. The zero-order valence-corrected chi connectivity index (χ0v) is 17.9. The first kappa shape index (κ1) is 22.0. The highest BCUT2D eigenvalue weighted by Gasteiger charge is 2.32. The van der Waals surface area contributed by atoms with Crippen LogP contribution in [-0.4, -0.2) is 29.8 Å². The first-order valence-electron chi connectivity index (χ1n) is 9.50. The van der Waals surface area contributed by atoms with Gasteiger partial charge in [0.1, 0.15) is 11.6 Å². The summed E-state index contributed by atoms with van der Waals surface area (Å²) in [6.07, 6.45) is 0. The average Bonchev–Trinajstić information content (AvgIpc) is 2.99. The first-order chi connectivity index (χ1) is 13.9. The summed E-state index contributed by atoms with van der Waals surface area (Å²) in [5.41, 5.74) is 1.78. The fourth-order valence-electron chi connectivity index (χ4n) is 3.63. The first-order valence-corrected chi connectivity index (χ1v) is 11.1. The van der Waals surface area contributed by atoms with Gasteiger partial charge in [0.15, 0.2) is 9.84 Å². The van der Waals surface area contributed by atoms with E-state index in [4.69, 9.17) is 0 Å². The molecule has 2 aromatic carbocycles. The lowest BCUT2D eigenvalue weighted by Crippen LogP contribution is -2.22. The number of hydrogen-bond acceptors (Lipinski definition) is 3. The van der Waals surface area contributed by atoms with E-state index < -0.39 is 39.1 Å². The van der Waals surface area contributed by atoms with Crippen molar-refractivity contribution in [3.8, 4) is 5.69 Å². The smallest absolute Gasteiger partial charge is 0.307 e. The number of halogens is 2. The summed E-state index contributed by atoms with van der Waals surface area (Å²) < 4.78 is 56.2. The number of carbonyl (C=O) groups is 1. The Morgan fingerprint density at radius 1 is 1.10 bits per heavy atom. The van der Waals surface area contributed by atoms with Crippen molar-refractivity contribution < 1.29 is 27.1 Å². The number of aliphatic carboxylic acids is 1. The molecule has 30 heavy (non-hydrogen) atoms. The molecule has 8 heteroatoms. The Labute approximate surface area is 173 Å². The van der Waals surface area contributed by atoms with E-state index in [2.05, 4.69) is 0 Å². The van der Waals surface area contributed by atoms with Crippen molar-refractivity contribution in [3.05, 3.63) is 59.3 Å². The molecule has 1 atom stereocenters. The monoisotopic (exact) mass is 435 g/mol. The van der Waals surface area contributed by atoms with Crippen LogP contribution in [0.2, 0.25) is 0 Å². The van der Waals surface area contributed by atoms with Crippen molar-refractivity contribution in [1.29, 1.82) is 0 Å². The molecule has 0 radical (unpaired) electrons. The van der Waals surface area contributed by atoms with Crippen molar-refractivity contribution in [3.63, 3.8) is 0 Å². The number of nitrogens with zero attached hydrogens (tertiary/aromatic N) is 1. The lowest BCUT2D eigenvalue weighted by atomic mass is 10.1. The van der Waals surface area contributed by atoms with Crippen molar-refractivity contribution in [2.45, 2.75) is 38.5 Å². The number of aromatic nitrogens is 1. The van der Waals surface area contributed by atoms with Gasteiger partial charge in [-0.25, -0.2) is 17.2 Å². The van der Waals surface area contributed by atoms with Crippen molar-refractivity contribution in [1.82, 2.24) is 4.57 Å². The Morgan fingerprint density at radius 2 is 1.77 bits per heavy atom. The Balaban J connectivity index is 2.43. The molecule has 0 saturated carbocycles. The standard InChI is InChI=1S/C22H23F2NO4S/c1-12(2)20-21(30(28,29)11-14(4)22(26)27)17-10-15(23)5-8-19(17)25(20)16-6-7-18(24)13(3)9-16/h5-10,12,14H,11H2,1-4H3,(H,26,27). The van der Waals surface area contributed by atoms with E-state index in [0.29, 0.717) is 22.5 Å².